The van der Waals surface area contributed by atoms with E-state index in [1.807, 2.05) is 25.1 Å². The molecule has 1 aromatic carbocycles. The predicted molar refractivity (Wildman–Crippen MR) is 95.3 cm³/mol. The van der Waals surface area contributed by atoms with Gasteiger partial charge in [-0.3, -0.25) is 0 Å². The van der Waals surface area contributed by atoms with Crippen LogP contribution in [0.5, 0.6) is 0 Å². The Morgan fingerprint density at radius 1 is 1.32 bits per heavy atom. The van der Waals surface area contributed by atoms with Crippen molar-refractivity contribution >= 4 is 11.6 Å². The first-order chi connectivity index (χ1) is 11.7. The molecule has 0 atom stereocenters. The number of nitrogens with two attached hydrogens (primary N) is 1. The average molecular weight is 355 g/mol. The first-order valence-corrected chi connectivity index (χ1v) is 7.83. The maximum absolute atomic E-state index is 12.3. The lowest BCUT2D eigenvalue weighted by atomic mass is 10.0. The van der Waals surface area contributed by atoms with Gasteiger partial charge in [0.25, 0.3) is 0 Å². The summed E-state index contributed by atoms with van der Waals surface area (Å²) >= 11 is 0. The molecule has 0 aromatic heterocycles. The third kappa shape index (κ3) is 6.62. The van der Waals surface area contributed by atoms with Crippen LogP contribution in [0, 0.1) is 0 Å². The number of anilines is 1. The summed E-state index contributed by atoms with van der Waals surface area (Å²) in [6, 6.07) is 5.83. The monoisotopic (exact) mass is 355 g/mol. The van der Waals surface area contributed by atoms with Crippen molar-refractivity contribution in [2.24, 2.45) is 10.8 Å². The normalized spacial score (nSPS) is 13.4. The number of alkyl halides is 3. The second-order valence-corrected chi connectivity index (χ2v) is 5.51. The van der Waals surface area contributed by atoms with E-state index in [1.54, 1.807) is 14.0 Å². The van der Waals surface area contributed by atoms with Crippen molar-refractivity contribution in [2.45, 2.75) is 40.0 Å². The van der Waals surface area contributed by atoms with Crippen molar-refractivity contribution < 1.29 is 17.9 Å². The molecule has 0 spiro atoms. The molecule has 0 bridgehead atoms. The molecule has 0 aliphatic heterocycles. The molecular formula is C18H24F3N3O. The Morgan fingerprint density at radius 2 is 2.00 bits per heavy atom. The largest absolute Gasteiger partial charge is 0.476 e. The molecule has 4 nitrogen and oxygen atoms in total. The van der Waals surface area contributed by atoms with Crippen LogP contribution in [0.25, 0.3) is 0 Å². The van der Waals surface area contributed by atoms with Gasteiger partial charge in [-0.2, -0.15) is 13.2 Å². The summed E-state index contributed by atoms with van der Waals surface area (Å²) in [5.74, 6) is 6.20. The zero-order chi connectivity index (χ0) is 19.0. The number of allylic oxidation sites excluding steroid dienone is 3. The molecule has 0 fully saturated rings. The molecule has 0 unspecified atom stereocenters. The van der Waals surface area contributed by atoms with Crippen LogP contribution in [-0.4, -0.2) is 19.1 Å². The molecular weight excluding hydrogens is 331 g/mol. The van der Waals surface area contributed by atoms with Crippen LogP contribution in [0.15, 0.2) is 47.1 Å². The second kappa shape index (κ2) is 9.27. The van der Waals surface area contributed by atoms with E-state index in [-0.39, 0.29) is 6.61 Å². The molecule has 1 aromatic rings. The molecule has 25 heavy (non-hydrogen) atoms. The highest BCUT2D eigenvalue weighted by Crippen LogP contribution is 2.25. The van der Waals surface area contributed by atoms with Gasteiger partial charge in [0.05, 0.1) is 5.69 Å². The summed E-state index contributed by atoms with van der Waals surface area (Å²) in [7, 11) is 1.75. The minimum absolute atomic E-state index is 0.279. The van der Waals surface area contributed by atoms with Crippen LogP contribution < -0.4 is 10.9 Å². The molecule has 0 heterocycles. The van der Waals surface area contributed by atoms with E-state index in [2.05, 4.69) is 4.99 Å². The van der Waals surface area contributed by atoms with Crippen LogP contribution in [0.4, 0.5) is 18.9 Å². The van der Waals surface area contributed by atoms with E-state index in [1.165, 1.54) is 17.3 Å². The first kappa shape index (κ1) is 20.8. The highest BCUT2D eigenvalue weighted by atomic mass is 19.4. The summed E-state index contributed by atoms with van der Waals surface area (Å²) in [6.45, 7) is 4.97. The summed E-state index contributed by atoms with van der Waals surface area (Å²) in [5, 5.41) is 1.52. The fourth-order valence-electron chi connectivity index (χ4n) is 2.09. The summed E-state index contributed by atoms with van der Waals surface area (Å²) in [5.41, 5.74) is 2.24. The van der Waals surface area contributed by atoms with Crippen molar-refractivity contribution in [1.29, 1.82) is 0 Å². The molecule has 0 saturated carbocycles. The summed E-state index contributed by atoms with van der Waals surface area (Å²) < 4.78 is 42.6. The van der Waals surface area contributed by atoms with E-state index in [0.29, 0.717) is 5.90 Å². The number of rotatable bonds is 6. The lowest BCUT2D eigenvalue weighted by Crippen LogP contribution is -2.26. The standard InChI is InChI=1S/C18H24F3N3O/c1-5-15-9-6-10-17(24(4)22)16(15)12-25-14(3)23-11-7-8-13(2)18(19,20)21/h6-11H,5,12,22H2,1-4H3/b11-7-,13-8+,23-14?. The minimum Gasteiger partial charge on any atom is -0.476 e. The van der Waals surface area contributed by atoms with Crippen LogP contribution >= 0.6 is 0 Å². The van der Waals surface area contributed by atoms with Crippen molar-refractivity contribution in [3.63, 3.8) is 0 Å². The van der Waals surface area contributed by atoms with Gasteiger partial charge in [0.1, 0.15) is 6.61 Å². The number of aliphatic imine (C=N–C) groups is 1. The highest BCUT2D eigenvalue weighted by molar-refractivity contribution is 5.74. The van der Waals surface area contributed by atoms with Gasteiger partial charge in [-0.05, 0) is 31.1 Å². The number of nitrogens with zero attached hydrogens (tertiary/aromatic N) is 2. The number of benzene rings is 1. The van der Waals surface area contributed by atoms with Crippen molar-refractivity contribution in [1.82, 2.24) is 0 Å². The molecule has 138 valence electrons. The number of aryl methyl sites for hydroxylation is 1. The number of hydrazine groups is 1. The highest BCUT2D eigenvalue weighted by Gasteiger charge is 2.29. The molecule has 0 saturated heterocycles. The Hall–Kier alpha value is -2.28. The Bertz CT molecular complexity index is 662. The van der Waals surface area contributed by atoms with Crippen molar-refractivity contribution in [3.8, 4) is 0 Å². The molecule has 2 N–H and O–H groups in total. The van der Waals surface area contributed by atoms with Crippen LogP contribution in [0.2, 0.25) is 0 Å². The van der Waals surface area contributed by atoms with E-state index in [4.69, 9.17) is 10.6 Å². The number of hydrogen-bond donors (Lipinski definition) is 1. The van der Waals surface area contributed by atoms with Gasteiger partial charge in [0.2, 0.25) is 0 Å². The smallest absolute Gasteiger partial charge is 0.412 e. The zero-order valence-electron chi connectivity index (χ0n) is 14.9. The molecule has 0 aliphatic carbocycles. The third-order valence-corrected chi connectivity index (χ3v) is 3.57. The predicted octanol–water partition coefficient (Wildman–Crippen LogP) is 4.52. The zero-order valence-corrected chi connectivity index (χ0v) is 14.9. The Kier molecular flexibility index (Phi) is 7.70. The summed E-state index contributed by atoms with van der Waals surface area (Å²) in [4.78, 5) is 3.98. The quantitative estimate of drug-likeness (QED) is 0.268. The van der Waals surface area contributed by atoms with E-state index in [9.17, 15) is 13.2 Å². The molecule has 0 aliphatic rings. The molecule has 7 heteroatoms. The van der Waals surface area contributed by atoms with Gasteiger partial charge < -0.3 is 9.75 Å². The lowest BCUT2D eigenvalue weighted by Gasteiger charge is -2.19. The Morgan fingerprint density at radius 3 is 2.56 bits per heavy atom. The van der Waals surface area contributed by atoms with E-state index < -0.39 is 11.7 Å². The van der Waals surface area contributed by atoms with Crippen LogP contribution in [0.1, 0.15) is 31.9 Å². The average Bonchev–Trinajstić information content (AvgIpc) is 2.55. The fourth-order valence-corrected chi connectivity index (χ4v) is 2.09. The lowest BCUT2D eigenvalue weighted by molar-refractivity contribution is -0.0912. The number of ether oxygens (including phenoxy) is 1. The second-order valence-electron chi connectivity index (χ2n) is 5.51. The van der Waals surface area contributed by atoms with Gasteiger partial charge in [-0.1, -0.05) is 25.1 Å². The maximum atomic E-state index is 12.3. The summed E-state index contributed by atoms with van der Waals surface area (Å²) in [6.07, 6.45) is -0.0300. The van der Waals surface area contributed by atoms with Gasteiger partial charge in [-0.15, -0.1) is 0 Å². The van der Waals surface area contributed by atoms with Crippen molar-refractivity contribution in [3.05, 3.63) is 53.3 Å². The molecule has 1 rings (SSSR count). The molecule has 0 radical (unpaired) electrons. The Labute approximate surface area is 146 Å². The SMILES string of the molecule is CCc1cccc(N(C)N)c1COC(C)=N/C=C\C=C(/C)C(F)(F)F. The van der Waals surface area contributed by atoms with Crippen LogP contribution in [-0.2, 0) is 17.8 Å². The topological polar surface area (TPSA) is 50.8 Å². The number of halogens is 3. The Balaban J connectivity index is 2.78. The fraction of sp³-hybridized carbons (Fsp3) is 0.389. The maximum Gasteiger partial charge on any atom is 0.412 e. The minimum atomic E-state index is -4.33. The van der Waals surface area contributed by atoms with Gasteiger partial charge in [-0.25, -0.2) is 10.8 Å². The van der Waals surface area contributed by atoms with Gasteiger partial charge >= 0.3 is 6.18 Å². The number of hydrogen-bond acceptors (Lipinski definition) is 4. The van der Waals surface area contributed by atoms with Gasteiger partial charge in [0.15, 0.2) is 5.90 Å². The first-order valence-electron chi connectivity index (χ1n) is 7.83. The van der Waals surface area contributed by atoms with Crippen LogP contribution in [0.3, 0.4) is 0 Å². The van der Waals surface area contributed by atoms with E-state index >= 15 is 0 Å². The van der Waals surface area contributed by atoms with Gasteiger partial charge in [0, 0.05) is 31.3 Å². The van der Waals surface area contributed by atoms with E-state index in [0.717, 1.165) is 36.2 Å². The van der Waals surface area contributed by atoms with Crippen molar-refractivity contribution in [2.75, 3.05) is 12.1 Å². The molecule has 0 amide bonds. The third-order valence-electron chi connectivity index (χ3n) is 3.57.